The lowest BCUT2D eigenvalue weighted by atomic mass is 10.0. The fourth-order valence-electron chi connectivity index (χ4n) is 5.55. The van der Waals surface area contributed by atoms with Crippen molar-refractivity contribution in [1.82, 2.24) is 4.90 Å². The molecule has 3 aromatic rings. The van der Waals surface area contributed by atoms with Crippen LogP contribution in [0.1, 0.15) is 36.5 Å². The van der Waals surface area contributed by atoms with Crippen molar-refractivity contribution in [2.75, 3.05) is 6.61 Å². The van der Waals surface area contributed by atoms with E-state index >= 15 is 0 Å². The topological polar surface area (TPSA) is 30.9 Å². The van der Waals surface area contributed by atoms with E-state index < -0.39 is 0 Å². The molecule has 4 heteroatoms. The minimum atomic E-state index is -0.0348. The molecule has 0 amide bonds. The quantitative estimate of drug-likeness (QED) is 0.396. The first-order chi connectivity index (χ1) is 16.8. The van der Waals surface area contributed by atoms with E-state index in [0.29, 0.717) is 38.5 Å². The molecule has 2 fully saturated rings. The van der Waals surface area contributed by atoms with Gasteiger partial charge < -0.3 is 14.2 Å². The van der Waals surface area contributed by atoms with Crippen LogP contribution in [0.3, 0.4) is 0 Å². The summed E-state index contributed by atoms with van der Waals surface area (Å²) in [6.07, 6.45) is 2.32. The Bertz CT molecular complexity index is 997. The zero-order valence-corrected chi connectivity index (χ0v) is 20.0. The highest BCUT2D eigenvalue weighted by molar-refractivity contribution is 5.16. The van der Waals surface area contributed by atoms with Gasteiger partial charge in [0.15, 0.2) is 0 Å². The number of hydrogen-bond donors (Lipinski definition) is 0. The second-order valence-corrected chi connectivity index (χ2v) is 9.53. The van der Waals surface area contributed by atoms with Crippen molar-refractivity contribution in [1.29, 1.82) is 0 Å². The maximum absolute atomic E-state index is 6.64. The summed E-state index contributed by atoms with van der Waals surface area (Å²) < 4.78 is 19.5. The van der Waals surface area contributed by atoms with Gasteiger partial charge in [0.05, 0.1) is 32.5 Å². The number of fused-ring (bicyclic) bond motifs is 1. The first-order valence-corrected chi connectivity index (χ1v) is 12.5. The largest absolute Gasteiger partial charge is 0.375 e. The van der Waals surface area contributed by atoms with Crippen molar-refractivity contribution in [2.24, 2.45) is 0 Å². The molecular weight excluding hydrogens is 422 g/mol. The van der Waals surface area contributed by atoms with Crippen molar-refractivity contribution in [3.63, 3.8) is 0 Å². The Morgan fingerprint density at radius 1 is 0.647 bits per heavy atom. The lowest BCUT2D eigenvalue weighted by Gasteiger charge is -2.30. The monoisotopic (exact) mass is 457 g/mol. The van der Waals surface area contributed by atoms with Crippen LogP contribution >= 0.6 is 0 Å². The van der Waals surface area contributed by atoms with Crippen LogP contribution in [0.25, 0.3) is 0 Å². The van der Waals surface area contributed by atoms with Crippen LogP contribution in [0.5, 0.6) is 0 Å². The molecule has 0 bridgehead atoms. The normalized spacial score (nSPS) is 26.6. The van der Waals surface area contributed by atoms with Crippen LogP contribution < -0.4 is 0 Å². The fourth-order valence-corrected chi connectivity index (χ4v) is 5.55. The third-order valence-corrected chi connectivity index (χ3v) is 7.21. The molecule has 0 unspecified atom stereocenters. The number of ether oxygens (including phenoxy) is 3. The van der Waals surface area contributed by atoms with E-state index in [2.05, 4.69) is 84.6 Å². The summed E-state index contributed by atoms with van der Waals surface area (Å²) in [6, 6.07) is 32.3. The molecule has 3 aromatic carbocycles. The SMILES string of the molecule is C[C@@H]1CC[C@@H]2[C@@H](OCc3ccccc3)[C@H](OCc3ccccc3)[C@@H](COCc3ccccc3)N12. The van der Waals surface area contributed by atoms with E-state index in [0.717, 1.165) is 6.42 Å². The summed E-state index contributed by atoms with van der Waals surface area (Å²) in [5.74, 6) is 0. The molecule has 178 valence electrons. The number of nitrogens with zero attached hydrogens (tertiary/aromatic N) is 1. The van der Waals surface area contributed by atoms with Crippen molar-refractivity contribution < 1.29 is 14.2 Å². The standard InChI is InChI=1S/C30H35NO3/c1-23-17-18-27-29(33-20-25-13-7-3-8-14-25)30(34-21-26-15-9-4-10-16-26)28(31(23)27)22-32-19-24-11-5-2-6-12-24/h2-16,23,27-30H,17-22H2,1H3/t23-,27-,28-,29-,30-/m1/s1. The van der Waals surface area contributed by atoms with E-state index in [1.54, 1.807) is 0 Å². The summed E-state index contributed by atoms with van der Waals surface area (Å²) in [5.41, 5.74) is 3.59. The number of benzene rings is 3. The Kier molecular flexibility index (Phi) is 7.72. The molecule has 34 heavy (non-hydrogen) atoms. The van der Waals surface area contributed by atoms with Gasteiger partial charge in [0.25, 0.3) is 0 Å². The molecule has 2 heterocycles. The molecule has 0 N–H and O–H groups in total. The highest BCUT2D eigenvalue weighted by Gasteiger charge is 2.54. The molecule has 5 rings (SSSR count). The molecule has 0 aromatic heterocycles. The van der Waals surface area contributed by atoms with Crippen molar-refractivity contribution >= 4 is 0 Å². The minimum Gasteiger partial charge on any atom is -0.375 e. The smallest absolute Gasteiger partial charge is 0.103 e. The fraction of sp³-hybridized carbons (Fsp3) is 0.400. The first kappa shape index (κ1) is 23.3. The summed E-state index contributed by atoms with van der Waals surface area (Å²) in [4.78, 5) is 2.62. The Morgan fingerprint density at radius 3 is 1.71 bits per heavy atom. The third-order valence-electron chi connectivity index (χ3n) is 7.21. The Balaban J connectivity index is 1.33. The van der Waals surface area contributed by atoms with E-state index in [4.69, 9.17) is 14.2 Å². The van der Waals surface area contributed by atoms with Crippen molar-refractivity contribution in [3.05, 3.63) is 108 Å². The van der Waals surface area contributed by atoms with Gasteiger partial charge in [-0.1, -0.05) is 91.0 Å². The van der Waals surface area contributed by atoms with E-state index in [1.807, 2.05) is 18.2 Å². The molecule has 2 saturated heterocycles. The van der Waals surface area contributed by atoms with Crippen LogP contribution in [0.15, 0.2) is 91.0 Å². The van der Waals surface area contributed by atoms with Gasteiger partial charge in [0.2, 0.25) is 0 Å². The minimum absolute atomic E-state index is 0.0270. The van der Waals surface area contributed by atoms with Crippen LogP contribution in [0.4, 0.5) is 0 Å². The van der Waals surface area contributed by atoms with E-state index in [9.17, 15) is 0 Å². The second-order valence-electron chi connectivity index (χ2n) is 9.53. The van der Waals surface area contributed by atoms with Gasteiger partial charge in [0, 0.05) is 12.1 Å². The van der Waals surface area contributed by atoms with Crippen LogP contribution in [0.2, 0.25) is 0 Å². The maximum Gasteiger partial charge on any atom is 0.103 e. The molecule has 0 saturated carbocycles. The molecule has 5 atom stereocenters. The van der Waals surface area contributed by atoms with Gasteiger partial charge in [-0.3, -0.25) is 4.90 Å². The average Bonchev–Trinajstić information content (AvgIpc) is 3.40. The highest BCUT2D eigenvalue weighted by atomic mass is 16.5. The first-order valence-electron chi connectivity index (χ1n) is 12.5. The lowest BCUT2D eigenvalue weighted by molar-refractivity contribution is -0.0884. The van der Waals surface area contributed by atoms with Crippen LogP contribution in [-0.2, 0) is 34.0 Å². The predicted octanol–water partition coefficient (Wildman–Crippen LogP) is 5.61. The van der Waals surface area contributed by atoms with E-state index in [1.165, 1.54) is 23.1 Å². The lowest BCUT2D eigenvalue weighted by Crippen LogP contribution is -2.44. The Hall–Kier alpha value is -2.50. The summed E-state index contributed by atoms with van der Waals surface area (Å²) in [5, 5.41) is 0. The summed E-state index contributed by atoms with van der Waals surface area (Å²) in [6.45, 7) is 4.78. The van der Waals surface area contributed by atoms with Gasteiger partial charge in [-0.05, 0) is 36.5 Å². The summed E-state index contributed by atoms with van der Waals surface area (Å²) >= 11 is 0. The molecular formula is C30H35NO3. The molecule has 4 nitrogen and oxygen atoms in total. The van der Waals surface area contributed by atoms with Gasteiger partial charge in [-0.25, -0.2) is 0 Å². The second kappa shape index (κ2) is 11.3. The Morgan fingerprint density at radius 2 is 1.15 bits per heavy atom. The van der Waals surface area contributed by atoms with Crippen molar-refractivity contribution in [3.8, 4) is 0 Å². The molecule has 0 aliphatic carbocycles. The van der Waals surface area contributed by atoms with Gasteiger partial charge >= 0.3 is 0 Å². The zero-order valence-electron chi connectivity index (χ0n) is 20.0. The Labute approximate surface area is 203 Å². The number of rotatable bonds is 10. The molecule has 2 aliphatic heterocycles. The maximum atomic E-state index is 6.64. The summed E-state index contributed by atoms with van der Waals surface area (Å²) in [7, 11) is 0. The molecule has 2 aliphatic rings. The van der Waals surface area contributed by atoms with Crippen molar-refractivity contribution in [2.45, 2.75) is 69.9 Å². The van der Waals surface area contributed by atoms with Crippen LogP contribution in [-0.4, -0.2) is 41.8 Å². The van der Waals surface area contributed by atoms with Gasteiger partial charge in [-0.2, -0.15) is 0 Å². The van der Waals surface area contributed by atoms with Gasteiger partial charge in [0.1, 0.15) is 12.2 Å². The predicted molar refractivity (Wildman–Crippen MR) is 134 cm³/mol. The van der Waals surface area contributed by atoms with Crippen LogP contribution in [0, 0.1) is 0 Å². The van der Waals surface area contributed by atoms with E-state index in [-0.39, 0.29) is 18.2 Å². The zero-order chi connectivity index (χ0) is 23.2. The highest BCUT2D eigenvalue weighted by Crippen LogP contribution is 2.40. The molecule has 0 spiro atoms. The van der Waals surface area contributed by atoms with Gasteiger partial charge in [-0.15, -0.1) is 0 Å². The molecule has 0 radical (unpaired) electrons. The average molecular weight is 458 g/mol. The number of hydrogen-bond acceptors (Lipinski definition) is 4. The third kappa shape index (κ3) is 5.42.